The molecule has 0 unspecified atom stereocenters. The molecule has 92 valence electrons. The standard InChI is InChI=1S/C10H16BrN3O.ClH/c1-10(2,6-12)13-9(15)8-4-7(11)5-14(8)3;/h4-5H,6,12H2,1-3H3,(H,13,15);1H. The molecule has 4 nitrogen and oxygen atoms in total. The molecule has 1 aromatic heterocycles. The van der Waals surface area contributed by atoms with Crippen LogP contribution in [-0.4, -0.2) is 22.6 Å². The molecule has 1 amide bonds. The second-order valence-electron chi connectivity index (χ2n) is 4.20. The molecule has 3 N–H and O–H groups in total. The monoisotopic (exact) mass is 309 g/mol. The van der Waals surface area contributed by atoms with Gasteiger partial charge < -0.3 is 15.6 Å². The van der Waals surface area contributed by atoms with Crippen molar-refractivity contribution in [1.29, 1.82) is 0 Å². The Morgan fingerprint density at radius 1 is 1.62 bits per heavy atom. The molecule has 0 aliphatic rings. The van der Waals surface area contributed by atoms with Gasteiger partial charge in [0.05, 0.1) is 0 Å². The molecular weight excluding hydrogens is 293 g/mol. The normalized spacial score (nSPS) is 10.8. The average molecular weight is 311 g/mol. The number of nitrogens with two attached hydrogens (primary N) is 1. The first-order valence-corrected chi connectivity index (χ1v) is 5.49. The van der Waals surface area contributed by atoms with Crippen LogP contribution in [0.2, 0.25) is 0 Å². The van der Waals surface area contributed by atoms with Crippen molar-refractivity contribution in [2.45, 2.75) is 19.4 Å². The van der Waals surface area contributed by atoms with Crippen LogP contribution in [0.25, 0.3) is 0 Å². The molecule has 1 rings (SSSR count). The summed E-state index contributed by atoms with van der Waals surface area (Å²) in [4.78, 5) is 11.8. The van der Waals surface area contributed by atoms with E-state index >= 15 is 0 Å². The quantitative estimate of drug-likeness (QED) is 0.892. The van der Waals surface area contributed by atoms with Crippen molar-refractivity contribution in [2.75, 3.05) is 6.54 Å². The van der Waals surface area contributed by atoms with Crippen LogP contribution in [0.3, 0.4) is 0 Å². The molecule has 0 bridgehead atoms. The molecule has 0 aliphatic heterocycles. The smallest absolute Gasteiger partial charge is 0.268 e. The second-order valence-corrected chi connectivity index (χ2v) is 5.11. The number of amides is 1. The summed E-state index contributed by atoms with van der Waals surface area (Å²) in [5, 5.41) is 2.87. The van der Waals surface area contributed by atoms with E-state index in [-0.39, 0.29) is 23.9 Å². The predicted octanol–water partition coefficient (Wildman–Crippen LogP) is 1.68. The van der Waals surface area contributed by atoms with Crippen molar-refractivity contribution in [3.05, 3.63) is 22.4 Å². The molecule has 6 heteroatoms. The first-order chi connectivity index (χ1) is 6.85. The summed E-state index contributed by atoms with van der Waals surface area (Å²) in [6.45, 7) is 4.19. The van der Waals surface area contributed by atoms with Crippen LogP contribution in [0.1, 0.15) is 24.3 Å². The fourth-order valence-corrected chi connectivity index (χ4v) is 1.70. The fraction of sp³-hybridized carbons (Fsp3) is 0.500. The van der Waals surface area contributed by atoms with Gasteiger partial charge in [0, 0.05) is 29.8 Å². The molecule has 1 aromatic rings. The maximum absolute atomic E-state index is 11.8. The van der Waals surface area contributed by atoms with Crippen molar-refractivity contribution >= 4 is 34.2 Å². The van der Waals surface area contributed by atoms with Crippen LogP contribution >= 0.6 is 28.3 Å². The number of aromatic nitrogens is 1. The number of aryl methyl sites for hydroxylation is 1. The summed E-state index contributed by atoms with van der Waals surface area (Å²) in [6, 6.07) is 1.78. The van der Waals surface area contributed by atoms with E-state index in [1.54, 1.807) is 10.6 Å². The van der Waals surface area contributed by atoms with Gasteiger partial charge in [0.25, 0.3) is 5.91 Å². The highest BCUT2D eigenvalue weighted by Gasteiger charge is 2.20. The Bertz CT molecular complexity index is 376. The zero-order valence-corrected chi connectivity index (χ0v) is 12.0. The van der Waals surface area contributed by atoms with E-state index < -0.39 is 0 Å². The van der Waals surface area contributed by atoms with Crippen molar-refractivity contribution in [1.82, 2.24) is 9.88 Å². The van der Waals surface area contributed by atoms with Crippen molar-refractivity contribution in [2.24, 2.45) is 12.8 Å². The molecule has 0 radical (unpaired) electrons. The zero-order valence-electron chi connectivity index (χ0n) is 9.58. The maximum Gasteiger partial charge on any atom is 0.268 e. The topological polar surface area (TPSA) is 60.0 Å². The van der Waals surface area contributed by atoms with Crippen LogP contribution in [0.4, 0.5) is 0 Å². The molecule has 0 aromatic carbocycles. The Morgan fingerprint density at radius 3 is 2.56 bits per heavy atom. The van der Waals surface area contributed by atoms with Crippen LogP contribution in [0.5, 0.6) is 0 Å². The lowest BCUT2D eigenvalue weighted by Gasteiger charge is -2.24. The number of nitrogens with one attached hydrogen (secondary N) is 1. The Hall–Kier alpha value is -0.520. The van der Waals surface area contributed by atoms with Crippen molar-refractivity contribution in [3.63, 3.8) is 0 Å². The lowest BCUT2D eigenvalue weighted by molar-refractivity contribution is 0.0907. The van der Waals surface area contributed by atoms with Gasteiger partial charge in [-0.1, -0.05) is 0 Å². The van der Waals surface area contributed by atoms with Crippen molar-refractivity contribution in [3.8, 4) is 0 Å². The average Bonchev–Trinajstić information content (AvgIpc) is 2.45. The summed E-state index contributed by atoms with van der Waals surface area (Å²) in [6.07, 6.45) is 1.84. The molecule has 0 saturated heterocycles. The molecule has 0 fully saturated rings. The summed E-state index contributed by atoms with van der Waals surface area (Å²) in [5.41, 5.74) is 5.78. The van der Waals surface area contributed by atoms with Gasteiger partial charge in [0.15, 0.2) is 0 Å². The summed E-state index contributed by atoms with van der Waals surface area (Å²) in [5.74, 6) is -0.112. The van der Waals surface area contributed by atoms with Gasteiger partial charge in [-0.25, -0.2) is 0 Å². The molecule has 0 atom stereocenters. The van der Waals surface area contributed by atoms with E-state index in [0.29, 0.717) is 12.2 Å². The first kappa shape index (κ1) is 15.5. The highest BCUT2D eigenvalue weighted by molar-refractivity contribution is 9.10. The van der Waals surface area contributed by atoms with Crippen LogP contribution < -0.4 is 11.1 Å². The number of carbonyl (C=O) groups is 1. The Kier molecular flexibility index (Phi) is 5.52. The Morgan fingerprint density at radius 2 is 2.19 bits per heavy atom. The van der Waals surface area contributed by atoms with Crippen LogP contribution in [0, 0.1) is 0 Å². The first-order valence-electron chi connectivity index (χ1n) is 4.70. The number of nitrogens with zero attached hydrogens (tertiary/aromatic N) is 1. The summed E-state index contributed by atoms with van der Waals surface area (Å²) < 4.78 is 2.66. The minimum Gasteiger partial charge on any atom is -0.345 e. The largest absolute Gasteiger partial charge is 0.345 e. The van der Waals surface area contributed by atoms with E-state index in [9.17, 15) is 4.79 Å². The number of carbonyl (C=O) groups excluding carboxylic acids is 1. The third-order valence-electron chi connectivity index (χ3n) is 2.17. The van der Waals surface area contributed by atoms with E-state index in [2.05, 4.69) is 21.2 Å². The number of hydrogen-bond donors (Lipinski definition) is 2. The number of halogens is 2. The lowest BCUT2D eigenvalue weighted by Crippen LogP contribution is -2.49. The lowest BCUT2D eigenvalue weighted by atomic mass is 10.1. The molecule has 0 spiro atoms. The van der Waals surface area contributed by atoms with E-state index in [1.165, 1.54) is 0 Å². The highest BCUT2D eigenvalue weighted by Crippen LogP contribution is 2.14. The van der Waals surface area contributed by atoms with Gasteiger partial charge in [0.2, 0.25) is 0 Å². The van der Waals surface area contributed by atoms with Gasteiger partial charge in [-0.2, -0.15) is 0 Å². The summed E-state index contributed by atoms with van der Waals surface area (Å²) in [7, 11) is 1.83. The van der Waals surface area contributed by atoms with Crippen LogP contribution in [-0.2, 0) is 7.05 Å². The van der Waals surface area contributed by atoms with E-state index in [1.807, 2.05) is 27.1 Å². The third kappa shape index (κ3) is 3.81. The third-order valence-corrected chi connectivity index (χ3v) is 2.60. The molecule has 16 heavy (non-hydrogen) atoms. The second kappa shape index (κ2) is 5.70. The van der Waals surface area contributed by atoms with Gasteiger partial charge in [-0.15, -0.1) is 12.4 Å². The predicted molar refractivity (Wildman–Crippen MR) is 71.0 cm³/mol. The Balaban J connectivity index is 0.00000225. The SMILES string of the molecule is Cl.Cn1cc(Br)cc1C(=O)NC(C)(C)CN. The Labute approximate surface area is 110 Å². The van der Waals surface area contributed by atoms with Gasteiger partial charge in [0.1, 0.15) is 5.69 Å². The molecule has 1 heterocycles. The minimum atomic E-state index is -0.381. The van der Waals surface area contributed by atoms with E-state index in [4.69, 9.17) is 5.73 Å². The van der Waals surface area contributed by atoms with Crippen molar-refractivity contribution < 1.29 is 4.79 Å². The highest BCUT2D eigenvalue weighted by atomic mass is 79.9. The minimum absolute atomic E-state index is 0. The number of rotatable bonds is 3. The van der Waals surface area contributed by atoms with Gasteiger partial charge in [-0.3, -0.25) is 4.79 Å². The van der Waals surface area contributed by atoms with Crippen LogP contribution in [0.15, 0.2) is 16.7 Å². The molecular formula is C10H17BrClN3O. The maximum atomic E-state index is 11.8. The van der Waals surface area contributed by atoms with Gasteiger partial charge >= 0.3 is 0 Å². The van der Waals surface area contributed by atoms with Gasteiger partial charge in [-0.05, 0) is 35.8 Å². The summed E-state index contributed by atoms with van der Waals surface area (Å²) >= 11 is 3.32. The number of hydrogen-bond acceptors (Lipinski definition) is 2. The zero-order chi connectivity index (χ0) is 11.6. The van der Waals surface area contributed by atoms with E-state index in [0.717, 1.165) is 4.47 Å². The molecule has 0 saturated carbocycles. The fourth-order valence-electron chi connectivity index (χ4n) is 1.17. The molecule has 0 aliphatic carbocycles.